The molecule has 1 aromatic carbocycles. The van der Waals surface area contributed by atoms with E-state index < -0.39 is 10.0 Å². The van der Waals surface area contributed by atoms with E-state index in [1.54, 1.807) is 67.3 Å². The molecule has 4 heterocycles. The van der Waals surface area contributed by atoms with Crippen molar-refractivity contribution in [3.8, 4) is 40.5 Å². The Kier molecular flexibility index (Phi) is 9.76. The highest BCUT2D eigenvalue weighted by molar-refractivity contribution is 9.10. The Balaban J connectivity index is 1.52. The lowest BCUT2D eigenvalue weighted by molar-refractivity contribution is 0.197. The van der Waals surface area contributed by atoms with Crippen molar-refractivity contribution in [3.05, 3.63) is 93.5 Å². The van der Waals surface area contributed by atoms with Gasteiger partial charge in [-0.25, -0.2) is 23.4 Å². The smallest absolute Gasteiger partial charge is 0.316 e. The van der Waals surface area contributed by atoms with Crippen molar-refractivity contribution in [2.45, 2.75) is 0 Å². The molecule has 12 nitrogen and oxygen atoms in total. The fourth-order valence-corrected chi connectivity index (χ4v) is 5.20. The number of hydrogen-bond donors (Lipinski definition) is 1. The van der Waals surface area contributed by atoms with Crippen LogP contribution in [-0.4, -0.2) is 53.7 Å². The second-order valence-corrected chi connectivity index (χ2v) is 11.8. The topological polar surface area (TPSA) is 148 Å². The number of halogens is 1. The Hall–Kier alpha value is -4.60. The minimum atomic E-state index is -4.06. The number of nitrogens with zero attached hydrogens (tertiary/aromatic N) is 5. The minimum Gasteiger partial charge on any atom is -0.493 e. The van der Waals surface area contributed by atoms with Gasteiger partial charge in [-0.2, -0.15) is 4.98 Å². The average molecular weight is 684 g/mol. The molecule has 5 rings (SSSR count). The predicted molar refractivity (Wildman–Crippen MR) is 165 cm³/mol. The van der Waals surface area contributed by atoms with E-state index in [-0.39, 0.29) is 48.2 Å². The number of ether oxygens (including phenoxy) is 4. The first-order chi connectivity index (χ1) is 20.9. The molecule has 220 valence electrons. The number of anilines is 1. The summed E-state index contributed by atoms with van der Waals surface area (Å²) < 4.78 is 52.8. The number of methoxy groups -OCH3 is 1. The van der Waals surface area contributed by atoms with Gasteiger partial charge >= 0.3 is 6.01 Å². The lowest BCUT2D eigenvalue weighted by Crippen LogP contribution is -2.15. The first-order valence-corrected chi connectivity index (χ1v) is 15.7. The van der Waals surface area contributed by atoms with Crippen LogP contribution in [0.1, 0.15) is 4.88 Å². The molecule has 0 fully saturated rings. The van der Waals surface area contributed by atoms with Crippen LogP contribution in [0.4, 0.5) is 5.82 Å². The van der Waals surface area contributed by atoms with Crippen molar-refractivity contribution in [1.82, 2.24) is 24.9 Å². The Morgan fingerprint density at radius 3 is 2.42 bits per heavy atom. The molecule has 0 saturated heterocycles. The maximum absolute atomic E-state index is 13.2. The molecule has 4 aromatic heterocycles. The fourth-order valence-electron chi connectivity index (χ4n) is 3.49. The molecule has 0 aliphatic carbocycles. The number of thiophene rings is 1. The van der Waals surface area contributed by atoms with E-state index in [9.17, 15) is 8.42 Å². The van der Waals surface area contributed by atoms with Crippen LogP contribution < -0.4 is 23.7 Å². The molecule has 0 spiro atoms. The van der Waals surface area contributed by atoms with Gasteiger partial charge in [-0.05, 0) is 57.7 Å². The summed E-state index contributed by atoms with van der Waals surface area (Å²) in [7, 11) is -2.57. The van der Waals surface area contributed by atoms with Gasteiger partial charge in [-0.3, -0.25) is 9.71 Å². The van der Waals surface area contributed by atoms with Crippen LogP contribution in [-0.2, 0) is 10.0 Å². The quantitative estimate of drug-likeness (QED) is 0.150. The zero-order chi connectivity index (χ0) is 30.1. The highest BCUT2D eigenvalue weighted by atomic mass is 79.9. The second kappa shape index (κ2) is 14.0. The SMILES string of the molecule is COc1ccccc1Oc1c(NS(=O)(=O)/C=C\c2cccs2)nc(-c2ccncc2)nc1OCCOc1ncc(Br)cn1. The highest BCUT2D eigenvalue weighted by Gasteiger charge is 2.24. The molecule has 15 heteroatoms. The standard InChI is InChI=1S/C28H23BrN6O6S2/c1-38-22-6-2-3-7-23(22)41-24-26(35-43(36,37)16-10-21-5-4-15-42-21)33-25(19-8-11-30-12-9-19)34-27(24)39-13-14-40-28-31-17-20(29)18-32-28/h2-12,15-18H,13-14H2,1H3,(H,33,34,35)/b16-10-. The Morgan fingerprint density at radius 2 is 1.70 bits per heavy atom. The summed E-state index contributed by atoms with van der Waals surface area (Å²) in [5.41, 5.74) is 0.567. The normalized spacial score (nSPS) is 11.3. The summed E-state index contributed by atoms with van der Waals surface area (Å²) in [6.07, 6.45) is 7.73. The summed E-state index contributed by atoms with van der Waals surface area (Å²) in [5.74, 6) is 0.554. The molecule has 0 bridgehead atoms. The first-order valence-electron chi connectivity index (χ1n) is 12.5. The molecule has 0 aliphatic rings. The number of hydrogen-bond acceptors (Lipinski definition) is 12. The maximum Gasteiger partial charge on any atom is 0.316 e. The van der Waals surface area contributed by atoms with Gasteiger partial charge in [0.2, 0.25) is 5.75 Å². The largest absolute Gasteiger partial charge is 0.493 e. The summed E-state index contributed by atoms with van der Waals surface area (Å²) >= 11 is 4.68. The zero-order valence-electron chi connectivity index (χ0n) is 22.5. The molecule has 1 N–H and O–H groups in total. The first kappa shape index (κ1) is 29.9. The van der Waals surface area contributed by atoms with Gasteiger partial charge in [0.15, 0.2) is 23.1 Å². The Labute approximate surface area is 259 Å². The monoisotopic (exact) mass is 682 g/mol. The minimum absolute atomic E-state index is 0.0149. The van der Waals surface area contributed by atoms with Gasteiger partial charge in [0.1, 0.15) is 13.2 Å². The van der Waals surface area contributed by atoms with E-state index in [1.165, 1.54) is 24.5 Å². The van der Waals surface area contributed by atoms with E-state index in [0.717, 1.165) is 10.3 Å². The van der Waals surface area contributed by atoms with Crippen LogP contribution >= 0.6 is 27.3 Å². The van der Waals surface area contributed by atoms with Crippen molar-refractivity contribution < 1.29 is 27.4 Å². The lowest BCUT2D eigenvalue weighted by Gasteiger charge is -2.18. The van der Waals surface area contributed by atoms with Crippen molar-refractivity contribution in [2.24, 2.45) is 0 Å². The van der Waals surface area contributed by atoms with Gasteiger partial charge in [0.05, 0.1) is 17.0 Å². The van der Waals surface area contributed by atoms with E-state index in [0.29, 0.717) is 15.8 Å². The molecular weight excluding hydrogens is 660 g/mol. The third kappa shape index (κ3) is 8.24. The molecular formula is C28H23BrN6O6S2. The van der Waals surface area contributed by atoms with Gasteiger partial charge in [-0.1, -0.05) is 18.2 Å². The summed E-state index contributed by atoms with van der Waals surface area (Å²) in [6, 6.07) is 14.0. The Bertz CT molecular complexity index is 1790. The molecule has 0 unspecified atom stereocenters. The predicted octanol–water partition coefficient (Wildman–Crippen LogP) is 5.82. The number of nitrogens with one attached hydrogen (secondary N) is 1. The molecule has 0 aliphatic heterocycles. The molecule has 43 heavy (non-hydrogen) atoms. The third-order valence-electron chi connectivity index (χ3n) is 5.40. The van der Waals surface area contributed by atoms with Crippen LogP contribution in [0.5, 0.6) is 29.1 Å². The van der Waals surface area contributed by atoms with Gasteiger partial charge in [0.25, 0.3) is 15.9 Å². The number of sulfonamides is 1. The number of benzene rings is 1. The molecule has 0 atom stereocenters. The van der Waals surface area contributed by atoms with Crippen LogP contribution in [0.15, 0.2) is 88.6 Å². The van der Waals surface area contributed by atoms with Crippen LogP contribution in [0.25, 0.3) is 17.5 Å². The van der Waals surface area contributed by atoms with E-state index in [1.807, 2.05) is 11.4 Å². The molecule has 0 radical (unpaired) electrons. The summed E-state index contributed by atoms with van der Waals surface area (Å²) in [5, 5.41) is 2.90. The lowest BCUT2D eigenvalue weighted by atomic mass is 10.2. The number of aromatic nitrogens is 5. The number of pyridine rings is 1. The molecule has 0 amide bonds. The van der Waals surface area contributed by atoms with E-state index in [2.05, 4.69) is 45.6 Å². The summed E-state index contributed by atoms with van der Waals surface area (Å²) in [6.45, 7) is 0.0356. The molecule has 5 aromatic rings. The number of para-hydroxylation sites is 2. The Morgan fingerprint density at radius 1 is 0.953 bits per heavy atom. The van der Waals surface area contributed by atoms with Gasteiger partial charge in [0, 0.05) is 35.2 Å². The van der Waals surface area contributed by atoms with E-state index in [4.69, 9.17) is 18.9 Å². The maximum atomic E-state index is 13.2. The second-order valence-electron chi connectivity index (χ2n) is 8.36. The van der Waals surface area contributed by atoms with Crippen molar-refractivity contribution in [3.63, 3.8) is 0 Å². The highest BCUT2D eigenvalue weighted by Crippen LogP contribution is 2.41. The average Bonchev–Trinajstić information content (AvgIpc) is 3.55. The van der Waals surface area contributed by atoms with E-state index >= 15 is 0 Å². The van der Waals surface area contributed by atoms with Crippen LogP contribution in [0.3, 0.4) is 0 Å². The van der Waals surface area contributed by atoms with Crippen molar-refractivity contribution in [2.75, 3.05) is 25.0 Å². The van der Waals surface area contributed by atoms with Gasteiger partial charge < -0.3 is 18.9 Å². The number of rotatable bonds is 13. The fraction of sp³-hybridized carbons (Fsp3) is 0.107. The van der Waals surface area contributed by atoms with Crippen molar-refractivity contribution >= 4 is 49.2 Å². The third-order valence-corrected chi connectivity index (χ3v) is 7.62. The van der Waals surface area contributed by atoms with Crippen molar-refractivity contribution in [1.29, 1.82) is 0 Å². The van der Waals surface area contributed by atoms with Gasteiger partial charge in [-0.15, -0.1) is 11.3 Å². The zero-order valence-corrected chi connectivity index (χ0v) is 25.7. The summed E-state index contributed by atoms with van der Waals surface area (Å²) in [4.78, 5) is 22.0. The van der Waals surface area contributed by atoms with Crippen LogP contribution in [0, 0.1) is 0 Å². The molecule has 0 saturated carbocycles. The van der Waals surface area contributed by atoms with Crippen LogP contribution in [0.2, 0.25) is 0 Å².